The van der Waals surface area contributed by atoms with Gasteiger partial charge in [0.2, 0.25) is 0 Å². The molecule has 114 valence electrons. The van der Waals surface area contributed by atoms with Gasteiger partial charge in [-0.25, -0.2) is 9.36 Å². The first kappa shape index (κ1) is 13.5. The topological polar surface area (TPSA) is 30.7 Å². The zero-order valence-electron chi connectivity index (χ0n) is 12.8. The first-order valence-corrected chi connectivity index (χ1v) is 8.59. The highest BCUT2D eigenvalue weighted by molar-refractivity contribution is 7.03. The van der Waals surface area contributed by atoms with E-state index in [2.05, 4.69) is 68.5 Å². The van der Waals surface area contributed by atoms with Crippen molar-refractivity contribution in [2.45, 2.75) is 0 Å². The SMILES string of the molecule is c1ccc2c(-n3ccnc3-c3cnsc3)c3ccccc3cc2c1. The van der Waals surface area contributed by atoms with Gasteiger partial charge in [0, 0.05) is 34.1 Å². The Morgan fingerprint density at radius 2 is 1.58 bits per heavy atom. The van der Waals surface area contributed by atoms with Crippen molar-refractivity contribution in [1.82, 2.24) is 13.9 Å². The van der Waals surface area contributed by atoms with Crippen LogP contribution in [0.1, 0.15) is 0 Å². The second kappa shape index (κ2) is 5.28. The van der Waals surface area contributed by atoms with Crippen molar-refractivity contribution in [1.29, 1.82) is 0 Å². The van der Waals surface area contributed by atoms with E-state index in [4.69, 9.17) is 0 Å². The van der Waals surface area contributed by atoms with Gasteiger partial charge in [0.05, 0.1) is 11.9 Å². The fourth-order valence-electron chi connectivity index (χ4n) is 3.26. The molecule has 0 unspecified atom stereocenters. The standard InChI is InChI=1S/C20H13N3S/c1-3-7-17-14(5-1)11-15-6-2-4-8-18(15)19(17)23-10-9-21-20(23)16-12-22-24-13-16/h1-13H. The van der Waals surface area contributed by atoms with Gasteiger partial charge in [-0.05, 0) is 28.4 Å². The van der Waals surface area contributed by atoms with Crippen LogP contribution in [0.15, 0.2) is 78.6 Å². The maximum atomic E-state index is 4.58. The third kappa shape index (κ3) is 1.97. The molecule has 0 bridgehead atoms. The van der Waals surface area contributed by atoms with Crippen molar-refractivity contribution in [3.05, 3.63) is 78.6 Å². The minimum absolute atomic E-state index is 0.922. The average molecular weight is 327 g/mol. The summed E-state index contributed by atoms with van der Waals surface area (Å²) in [6.07, 6.45) is 5.75. The summed E-state index contributed by atoms with van der Waals surface area (Å²) in [5.41, 5.74) is 2.21. The molecule has 0 atom stereocenters. The van der Waals surface area contributed by atoms with E-state index in [1.807, 2.05) is 24.0 Å². The van der Waals surface area contributed by atoms with Crippen LogP contribution >= 0.6 is 11.5 Å². The second-order valence-electron chi connectivity index (χ2n) is 5.70. The van der Waals surface area contributed by atoms with Crippen LogP contribution in [0.4, 0.5) is 0 Å². The van der Waals surface area contributed by atoms with Gasteiger partial charge in [-0.15, -0.1) is 0 Å². The van der Waals surface area contributed by atoms with E-state index in [1.54, 1.807) is 0 Å². The molecule has 0 aliphatic carbocycles. The molecule has 24 heavy (non-hydrogen) atoms. The van der Waals surface area contributed by atoms with Crippen LogP contribution in [0.25, 0.3) is 38.6 Å². The number of rotatable bonds is 2. The molecular formula is C20H13N3S. The zero-order valence-corrected chi connectivity index (χ0v) is 13.6. The lowest BCUT2D eigenvalue weighted by Crippen LogP contribution is -1.98. The molecule has 5 aromatic rings. The number of benzene rings is 3. The minimum Gasteiger partial charge on any atom is -0.298 e. The van der Waals surface area contributed by atoms with E-state index in [-0.39, 0.29) is 0 Å². The lowest BCUT2D eigenvalue weighted by Gasteiger charge is -2.14. The Labute approximate surface area is 143 Å². The number of hydrogen-bond donors (Lipinski definition) is 0. The molecule has 0 aliphatic rings. The Balaban J connectivity index is 1.94. The Morgan fingerprint density at radius 3 is 2.25 bits per heavy atom. The second-order valence-corrected chi connectivity index (χ2v) is 6.36. The highest BCUT2D eigenvalue weighted by Crippen LogP contribution is 2.34. The molecule has 5 rings (SSSR count). The summed E-state index contributed by atoms with van der Waals surface area (Å²) in [6.45, 7) is 0. The molecule has 2 aromatic heterocycles. The van der Waals surface area contributed by atoms with Gasteiger partial charge in [0.25, 0.3) is 0 Å². The monoisotopic (exact) mass is 327 g/mol. The Hall–Kier alpha value is -2.98. The summed E-state index contributed by atoms with van der Waals surface area (Å²) in [5, 5.41) is 6.94. The van der Waals surface area contributed by atoms with Crippen molar-refractivity contribution in [3.8, 4) is 17.1 Å². The van der Waals surface area contributed by atoms with Crippen LogP contribution in [0.5, 0.6) is 0 Å². The predicted octanol–water partition coefficient (Wildman–Crippen LogP) is 5.30. The molecular weight excluding hydrogens is 314 g/mol. The summed E-state index contributed by atoms with van der Waals surface area (Å²) in [5.74, 6) is 0.922. The fourth-order valence-corrected chi connectivity index (χ4v) is 3.78. The molecule has 0 aliphatic heterocycles. The zero-order chi connectivity index (χ0) is 15.9. The summed E-state index contributed by atoms with van der Waals surface area (Å²) in [7, 11) is 0. The molecule has 0 spiro atoms. The van der Waals surface area contributed by atoms with Crippen LogP contribution < -0.4 is 0 Å². The summed E-state index contributed by atoms with van der Waals surface area (Å²) in [4.78, 5) is 4.58. The summed E-state index contributed by atoms with van der Waals surface area (Å²) >= 11 is 1.45. The largest absolute Gasteiger partial charge is 0.298 e. The van der Waals surface area contributed by atoms with Crippen molar-refractivity contribution >= 4 is 33.1 Å². The number of imidazole rings is 1. The fraction of sp³-hybridized carbons (Fsp3) is 0. The number of aromatic nitrogens is 3. The molecule has 0 saturated carbocycles. The maximum absolute atomic E-state index is 4.58. The van der Waals surface area contributed by atoms with E-state index in [0.29, 0.717) is 0 Å². The van der Waals surface area contributed by atoms with Gasteiger partial charge in [-0.3, -0.25) is 4.57 Å². The lowest BCUT2D eigenvalue weighted by atomic mass is 10.0. The van der Waals surface area contributed by atoms with E-state index in [0.717, 1.165) is 11.4 Å². The van der Waals surface area contributed by atoms with Gasteiger partial charge in [-0.1, -0.05) is 48.5 Å². The van der Waals surface area contributed by atoms with Crippen LogP contribution in [-0.2, 0) is 0 Å². The van der Waals surface area contributed by atoms with E-state index in [9.17, 15) is 0 Å². The van der Waals surface area contributed by atoms with Gasteiger partial charge >= 0.3 is 0 Å². The summed E-state index contributed by atoms with van der Waals surface area (Å²) < 4.78 is 6.40. The van der Waals surface area contributed by atoms with Crippen molar-refractivity contribution < 1.29 is 0 Å². The molecule has 0 saturated heterocycles. The van der Waals surface area contributed by atoms with Crippen molar-refractivity contribution in [3.63, 3.8) is 0 Å². The Kier molecular flexibility index (Phi) is 2.96. The van der Waals surface area contributed by atoms with Crippen molar-refractivity contribution in [2.75, 3.05) is 0 Å². The number of hydrogen-bond acceptors (Lipinski definition) is 3. The molecule has 3 nitrogen and oxygen atoms in total. The van der Waals surface area contributed by atoms with Gasteiger partial charge in [0.15, 0.2) is 0 Å². The van der Waals surface area contributed by atoms with Crippen LogP contribution in [0.2, 0.25) is 0 Å². The minimum atomic E-state index is 0.922. The van der Waals surface area contributed by atoms with E-state index in [1.165, 1.54) is 38.8 Å². The quantitative estimate of drug-likeness (QED) is 0.412. The first-order valence-electron chi connectivity index (χ1n) is 7.76. The van der Waals surface area contributed by atoms with Gasteiger partial charge in [0.1, 0.15) is 5.82 Å². The van der Waals surface area contributed by atoms with Gasteiger partial charge < -0.3 is 0 Å². The first-order chi connectivity index (χ1) is 11.9. The van der Waals surface area contributed by atoms with E-state index >= 15 is 0 Å². The number of nitrogens with zero attached hydrogens (tertiary/aromatic N) is 3. The highest BCUT2D eigenvalue weighted by Gasteiger charge is 2.14. The Bertz CT molecular complexity index is 1100. The molecule has 0 N–H and O–H groups in total. The van der Waals surface area contributed by atoms with Crippen LogP contribution in [-0.4, -0.2) is 13.9 Å². The third-order valence-corrected chi connectivity index (χ3v) is 4.90. The molecule has 0 radical (unpaired) electrons. The molecule has 0 fully saturated rings. The normalized spacial score (nSPS) is 11.3. The average Bonchev–Trinajstić information content (AvgIpc) is 3.30. The molecule has 3 aromatic carbocycles. The summed E-state index contributed by atoms with van der Waals surface area (Å²) in [6, 6.07) is 19.3. The Morgan fingerprint density at radius 1 is 0.875 bits per heavy atom. The maximum Gasteiger partial charge on any atom is 0.146 e. The van der Waals surface area contributed by atoms with E-state index < -0.39 is 0 Å². The van der Waals surface area contributed by atoms with Crippen molar-refractivity contribution in [2.24, 2.45) is 0 Å². The number of fused-ring (bicyclic) bond motifs is 2. The molecule has 2 heterocycles. The highest BCUT2D eigenvalue weighted by atomic mass is 32.1. The van der Waals surface area contributed by atoms with Crippen LogP contribution in [0.3, 0.4) is 0 Å². The predicted molar refractivity (Wildman–Crippen MR) is 99.7 cm³/mol. The smallest absolute Gasteiger partial charge is 0.146 e. The van der Waals surface area contributed by atoms with Crippen LogP contribution in [0, 0.1) is 0 Å². The molecule has 4 heteroatoms. The lowest BCUT2D eigenvalue weighted by molar-refractivity contribution is 1.09. The third-order valence-electron chi connectivity index (χ3n) is 4.31. The van der Waals surface area contributed by atoms with Gasteiger partial charge in [-0.2, -0.15) is 0 Å². The molecule has 0 amide bonds.